The van der Waals surface area contributed by atoms with E-state index in [-0.39, 0.29) is 26.4 Å². The van der Waals surface area contributed by atoms with E-state index in [1.165, 1.54) is 27.7 Å². The molecule has 0 aliphatic carbocycles. The highest BCUT2D eigenvalue weighted by Gasteiger charge is 2.46. The number of carbonyl (C=O) groups is 2. The number of halogens is 3. The fourth-order valence-corrected chi connectivity index (χ4v) is 5.58. The molecule has 0 atom stereocenters. The lowest BCUT2D eigenvalue weighted by molar-refractivity contribution is -0.260. The summed E-state index contributed by atoms with van der Waals surface area (Å²) in [7, 11) is -9.70. The molecule has 0 bridgehead atoms. The minimum absolute atomic E-state index is 0.120. The van der Waals surface area contributed by atoms with E-state index in [1.54, 1.807) is 0 Å². The second kappa shape index (κ2) is 14.2. The highest BCUT2D eigenvalue weighted by Crippen LogP contribution is 2.57. The Bertz CT molecular complexity index is 848. The predicted molar refractivity (Wildman–Crippen MR) is 116 cm³/mol. The molecule has 0 saturated heterocycles. The molecule has 0 unspecified atom stereocenters. The van der Waals surface area contributed by atoms with Crippen LogP contribution in [0, 0.1) is 0 Å². The predicted octanol–water partition coefficient (Wildman–Crippen LogP) is 6.19. The summed E-state index contributed by atoms with van der Waals surface area (Å²) in [6.07, 6.45) is 0. The summed E-state index contributed by atoms with van der Waals surface area (Å²) in [6, 6.07) is 0.910. The molecule has 17 heteroatoms. The first-order valence-electron chi connectivity index (χ1n) is 9.24. The number of benzene rings is 1. The molecule has 188 valence electrons. The van der Waals surface area contributed by atoms with Crippen LogP contribution in [0.4, 0.5) is 0 Å². The van der Waals surface area contributed by atoms with Crippen LogP contribution >= 0.6 is 50.0 Å². The van der Waals surface area contributed by atoms with Crippen LogP contribution in [0.1, 0.15) is 48.4 Å². The minimum Gasteiger partial charge on any atom is -0.280 e. The molecule has 0 aliphatic heterocycles. The van der Waals surface area contributed by atoms with Gasteiger partial charge in [0.15, 0.2) is 0 Å². The maximum Gasteiger partial charge on any atom is 0.455 e. The third-order valence-electron chi connectivity index (χ3n) is 3.17. The molecule has 0 N–H and O–H groups in total. The summed E-state index contributed by atoms with van der Waals surface area (Å²) in [6.45, 7) is 5.42. The van der Waals surface area contributed by atoms with E-state index in [0.717, 1.165) is 6.07 Å². The molecule has 33 heavy (non-hydrogen) atoms. The number of hydrogen-bond donors (Lipinski definition) is 0. The van der Waals surface area contributed by atoms with Gasteiger partial charge in [-0.15, -0.1) is 18.7 Å². The van der Waals surface area contributed by atoms with E-state index in [4.69, 9.17) is 34.8 Å². The first-order valence-corrected chi connectivity index (χ1v) is 13.5. The third kappa shape index (κ3) is 7.78. The maximum atomic E-state index is 13.0. The van der Waals surface area contributed by atoms with Crippen molar-refractivity contribution in [2.24, 2.45) is 0 Å². The highest BCUT2D eigenvalue weighted by molar-refractivity contribution is 7.73. The molecule has 0 saturated carbocycles. The van der Waals surface area contributed by atoms with Gasteiger partial charge in [-0.3, -0.25) is 9.59 Å². The van der Waals surface area contributed by atoms with Gasteiger partial charge < -0.3 is 0 Å². The van der Waals surface area contributed by atoms with Gasteiger partial charge in [-0.05, 0) is 33.8 Å². The van der Waals surface area contributed by atoms with Gasteiger partial charge in [0.25, 0.3) is 11.0 Å². The smallest absolute Gasteiger partial charge is 0.280 e. The van der Waals surface area contributed by atoms with E-state index in [1.807, 2.05) is 0 Å². The van der Waals surface area contributed by atoms with Gasteiger partial charge in [-0.1, -0.05) is 34.8 Å². The highest BCUT2D eigenvalue weighted by atomic mass is 35.5. The fraction of sp³-hybridized carbons (Fsp3) is 0.500. The van der Waals surface area contributed by atoms with Crippen LogP contribution in [0.2, 0.25) is 15.1 Å². The number of carbonyl (C=O) groups excluding carboxylic acids is 2. The summed E-state index contributed by atoms with van der Waals surface area (Å²) in [5, 5.41) is -1.65. The molecule has 0 aromatic heterocycles. The van der Waals surface area contributed by atoms with Crippen LogP contribution in [0.3, 0.4) is 0 Å². The van der Waals surface area contributed by atoms with Crippen LogP contribution in [0.15, 0.2) is 6.07 Å². The molecule has 0 fully saturated rings. The number of rotatable bonds is 16. The van der Waals surface area contributed by atoms with Crippen molar-refractivity contribution in [3.05, 3.63) is 32.3 Å². The summed E-state index contributed by atoms with van der Waals surface area (Å²) < 4.78 is 44.3. The first-order chi connectivity index (χ1) is 15.5. The monoisotopic (exact) mass is 572 g/mol. The van der Waals surface area contributed by atoms with E-state index in [2.05, 4.69) is 38.2 Å². The molecule has 1 aromatic rings. The zero-order valence-electron chi connectivity index (χ0n) is 17.8. The largest absolute Gasteiger partial charge is 0.455 e. The van der Waals surface area contributed by atoms with Gasteiger partial charge >= 0.3 is 15.2 Å². The van der Waals surface area contributed by atoms with E-state index in [0.29, 0.717) is 0 Å². The van der Waals surface area contributed by atoms with Crippen LogP contribution in [-0.2, 0) is 47.4 Å². The van der Waals surface area contributed by atoms with Crippen molar-refractivity contribution in [3.63, 3.8) is 0 Å². The van der Waals surface area contributed by atoms with Crippen LogP contribution < -0.4 is 0 Å². The molecular formula is C16H21Cl3O12P2. The molecule has 0 radical (unpaired) electrons. The van der Waals surface area contributed by atoms with Crippen molar-refractivity contribution >= 4 is 61.0 Å². The van der Waals surface area contributed by atoms with Crippen molar-refractivity contribution in [1.29, 1.82) is 0 Å². The average Bonchev–Trinajstić information content (AvgIpc) is 2.78. The van der Waals surface area contributed by atoms with Gasteiger partial charge in [0.2, 0.25) is 0 Å². The Kier molecular flexibility index (Phi) is 13.2. The standard InChI is InChI=1S/C16H21Cl3O12P2/c1-5-24-28-32(22,29-25-6-2)15(20)12-10(17)9-11(18)13(14(12)19)16(21)33(23,30-26-7-3)31-27-8-4/h9H,5-8H2,1-4H3. The van der Waals surface area contributed by atoms with Gasteiger partial charge in [-0.25, -0.2) is 28.7 Å². The Morgan fingerprint density at radius 2 is 0.939 bits per heavy atom. The molecule has 0 amide bonds. The molecule has 0 spiro atoms. The van der Waals surface area contributed by atoms with Crippen LogP contribution in [-0.4, -0.2) is 37.5 Å². The SMILES string of the molecule is CCOOP(=O)(OOCC)C(=O)c1c(Cl)cc(Cl)c(C(=O)P(=O)(OOCC)OOCC)c1Cl. The zero-order valence-corrected chi connectivity index (χ0v) is 21.9. The van der Waals surface area contributed by atoms with Gasteiger partial charge in [-0.2, -0.15) is 0 Å². The van der Waals surface area contributed by atoms with E-state index in [9.17, 15) is 18.7 Å². The Morgan fingerprint density at radius 1 is 0.667 bits per heavy atom. The molecule has 0 heterocycles. The maximum absolute atomic E-state index is 13.0. The first kappa shape index (κ1) is 30.6. The van der Waals surface area contributed by atoms with E-state index < -0.39 is 52.4 Å². The second-order valence-electron chi connectivity index (χ2n) is 5.43. The molecular weight excluding hydrogens is 552 g/mol. The van der Waals surface area contributed by atoms with Gasteiger partial charge in [0, 0.05) is 0 Å². The molecule has 0 aliphatic rings. The Morgan fingerprint density at radius 3 is 1.18 bits per heavy atom. The van der Waals surface area contributed by atoms with Gasteiger partial charge in [0.05, 0.1) is 52.6 Å². The average molecular weight is 574 g/mol. The third-order valence-corrected chi connectivity index (χ3v) is 6.79. The molecule has 1 rings (SSSR count). The Labute approximate surface area is 204 Å². The number of hydrogen-bond acceptors (Lipinski definition) is 12. The Balaban J connectivity index is 3.62. The summed E-state index contributed by atoms with van der Waals surface area (Å²) in [5.41, 5.74) is -4.35. The quantitative estimate of drug-likeness (QED) is 0.126. The fourth-order valence-electron chi connectivity index (χ4n) is 1.90. The van der Waals surface area contributed by atoms with Crippen molar-refractivity contribution in [3.8, 4) is 0 Å². The summed E-state index contributed by atoms with van der Waals surface area (Å²) in [5.74, 6) is 0. The normalized spacial score (nSPS) is 12.2. The van der Waals surface area contributed by atoms with Gasteiger partial charge in [0.1, 0.15) is 0 Å². The van der Waals surface area contributed by atoms with E-state index >= 15 is 0 Å². The topological polar surface area (TPSA) is 142 Å². The van der Waals surface area contributed by atoms with Crippen molar-refractivity contribution in [2.45, 2.75) is 27.7 Å². The van der Waals surface area contributed by atoms with Crippen molar-refractivity contribution in [2.75, 3.05) is 26.4 Å². The summed E-state index contributed by atoms with van der Waals surface area (Å²) >= 11 is 18.4. The Hall–Kier alpha value is -0.430. The zero-order chi connectivity index (χ0) is 25.2. The molecule has 1 aromatic carbocycles. The van der Waals surface area contributed by atoms with Crippen molar-refractivity contribution < 1.29 is 57.0 Å². The lowest BCUT2D eigenvalue weighted by Gasteiger charge is -2.19. The lowest BCUT2D eigenvalue weighted by Crippen LogP contribution is -2.14. The minimum atomic E-state index is -4.85. The summed E-state index contributed by atoms with van der Waals surface area (Å²) in [4.78, 5) is 44.4. The van der Waals surface area contributed by atoms with Crippen molar-refractivity contribution in [1.82, 2.24) is 0 Å². The van der Waals surface area contributed by atoms with Crippen LogP contribution in [0.25, 0.3) is 0 Å². The second-order valence-corrected chi connectivity index (χ2v) is 10.0. The van der Waals surface area contributed by atoms with Crippen LogP contribution in [0.5, 0.6) is 0 Å². The lowest BCUT2D eigenvalue weighted by atomic mass is 10.1. The molecule has 12 nitrogen and oxygen atoms in total.